The van der Waals surface area contributed by atoms with Gasteiger partial charge in [-0.25, -0.2) is 0 Å². The zero-order valence-electron chi connectivity index (χ0n) is 10.9. The molecule has 1 nitrogen and oxygen atoms in total. The maximum atomic E-state index is 4.24. The van der Waals surface area contributed by atoms with Gasteiger partial charge in [0.15, 0.2) is 0 Å². The van der Waals surface area contributed by atoms with Crippen molar-refractivity contribution in [3.05, 3.63) is 29.8 Å². The molecule has 1 rings (SSSR count). The molecular weight excluding hydrogens is 246 g/mol. The quantitative estimate of drug-likeness (QED) is 0.567. The molecule has 17 heavy (non-hydrogen) atoms. The first-order chi connectivity index (χ1) is 8.26. The zero-order chi connectivity index (χ0) is 12.5. The van der Waals surface area contributed by atoms with Crippen molar-refractivity contribution in [1.82, 2.24) is 4.90 Å². The van der Waals surface area contributed by atoms with Crippen molar-refractivity contribution in [3.8, 4) is 0 Å². The Morgan fingerprint density at radius 2 is 1.88 bits per heavy atom. The normalized spacial score (nSPS) is 11.1. The van der Waals surface area contributed by atoms with Crippen molar-refractivity contribution in [2.75, 3.05) is 31.6 Å². The lowest BCUT2D eigenvalue weighted by molar-refractivity contribution is 0.340. The third kappa shape index (κ3) is 6.39. The van der Waals surface area contributed by atoms with E-state index in [0.29, 0.717) is 0 Å². The minimum absolute atomic E-state index is 0.979. The van der Waals surface area contributed by atoms with Gasteiger partial charge in [-0.15, -0.1) is 11.8 Å². The van der Waals surface area contributed by atoms with Crippen LogP contribution >= 0.6 is 24.4 Å². The lowest BCUT2D eigenvalue weighted by Gasteiger charge is -2.15. The molecule has 1 aromatic carbocycles. The van der Waals surface area contributed by atoms with Gasteiger partial charge < -0.3 is 4.90 Å². The topological polar surface area (TPSA) is 3.24 Å². The predicted octanol–water partition coefficient (Wildman–Crippen LogP) is 3.59. The van der Waals surface area contributed by atoms with E-state index in [2.05, 4.69) is 55.8 Å². The van der Waals surface area contributed by atoms with E-state index in [9.17, 15) is 0 Å². The smallest absolute Gasteiger partial charge is 0.00720 e. The van der Waals surface area contributed by atoms with Gasteiger partial charge in [-0.05, 0) is 55.6 Å². The Hall–Kier alpha value is -0.120. The Balaban J connectivity index is 2.31. The molecule has 0 saturated carbocycles. The van der Waals surface area contributed by atoms with Gasteiger partial charge in [-0.1, -0.05) is 19.1 Å². The molecule has 0 unspecified atom stereocenters. The summed E-state index contributed by atoms with van der Waals surface area (Å²) >= 11 is 6.14. The number of thiol groups is 1. The van der Waals surface area contributed by atoms with E-state index in [1.54, 1.807) is 0 Å². The summed E-state index contributed by atoms with van der Waals surface area (Å²) < 4.78 is 0. The first-order valence-corrected chi connectivity index (χ1v) is 7.89. The average molecular weight is 269 g/mol. The molecule has 0 radical (unpaired) electrons. The van der Waals surface area contributed by atoms with Gasteiger partial charge >= 0.3 is 0 Å². The third-order valence-corrected chi connectivity index (χ3v) is 3.92. The van der Waals surface area contributed by atoms with Crippen LogP contribution in [0, 0.1) is 0 Å². The fourth-order valence-electron chi connectivity index (χ4n) is 1.69. The largest absolute Gasteiger partial charge is 0.306 e. The van der Waals surface area contributed by atoms with Crippen LogP contribution in [-0.2, 0) is 6.42 Å². The Labute approximate surface area is 115 Å². The summed E-state index contributed by atoms with van der Waals surface area (Å²) in [5, 5.41) is 0. The fourth-order valence-corrected chi connectivity index (χ4v) is 2.49. The highest BCUT2D eigenvalue weighted by Gasteiger charge is 1.99. The summed E-state index contributed by atoms with van der Waals surface area (Å²) in [7, 11) is 2.19. The van der Waals surface area contributed by atoms with Crippen molar-refractivity contribution in [2.24, 2.45) is 0 Å². The Bertz CT molecular complexity index is 298. The lowest BCUT2D eigenvalue weighted by atomic mass is 10.1. The maximum absolute atomic E-state index is 4.24. The van der Waals surface area contributed by atoms with E-state index in [0.717, 1.165) is 31.0 Å². The van der Waals surface area contributed by atoms with Crippen LogP contribution in [-0.4, -0.2) is 36.5 Å². The Morgan fingerprint density at radius 3 is 2.47 bits per heavy atom. The Morgan fingerprint density at radius 1 is 1.18 bits per heavy atom. The minimum Gasteiger partial charge on any atom is -0.306 e. The number of hydrogen-bond acceptors (Lipinski definition) is 3. The summed E-state index contributed by atoms with van der Waals surface area (Å²) in [6, 6.07) is 8.98. The molecule has 0 atom stereocenters. The monoisotopic (exact) mass is 269 g/mol. The SMILES string of the molecule is CCSc1ccc(CCN(C)CCCS)cc1. The molecule has 0 aliphatic carbocycles. The van der Waals surface area contributed by atoms with Crippen LogP contribution in [0.3, 0.4) is 0 Å². The third-order valence-electron chi connectivity index (χ3n) is 2.71. The molecule has 0 saturated heterocycles. The van der Waals surface area contributed by atoms with Gasteiger partial charge in [-0.2, -0.15) is 12.6 Å². The van der Waals surface area contributed by atoms with Crippen LogP contribution < -0.4 is 0 Å². The van der Waals surface area contributed by atoms with E-state index in [1.807, 2.05) is 11.8 Å². The lowest BCUT2D eigenvalue weighted by Crippen LogP contribution is -2.22. The van der Waals surface area contributed by atoms with Crippen molar-refractivity contribution in [1.29, 1.82) is 0 Å². The molecule has 0 bridgehead atoms. The van der Waals surface area contributed by atoms with E-state index < -0.39 is 0 Å². The van der Waals surface area contributed by atoms with Crippen molar-refractivity contribution in [2.45, 2.75) is 24.7 Å². The first-order valence-electron chi connectivity index (χ1n) is 6.27. The summed E-state index contributed by atoms with van der Waals surface area (Å²) in [5.41, 5.74) is 1.43. The number of rotatable bonds is 8. The molecule has 3 heteroatoms. The second-order valence-electron chi connectivity index (χ2n) is 4.21. The highest BCUT2D eigenvalue weighted by Crippen LogP contribution is 2.17. The molecule has 0 aliphatic heterocycles. The van der Waals surface area contributed by atoms with E-state index >= 15 is 0 Å². The van der Waals surface area contributed by atoms with Gasteiger partial charge in [0, 0.05) is 11.4 Å². The zero-order valence-corrected chi connectivity index (χ0v) is 12.6. The minimum atomic E-state index is 0.979. The van der Waals surface area contributed by atoms with Crippen molar-refractivity contribution in [3.63, 3.8) is 0 Å². The van der Waals surface area contributed by atoms with E-state index in [-0.39, 0.29) is 0 Å². The molecule has 96 valence electrons. The molecule has 0 spiro atoms. The molecule has 1 aromatic rings. The van der Waals surface area contributed by atoms with Gasteiger partial charge in [0.1, 0.15) is 0 Å². The van der Waals surface area contributed by atoms with Gasteiger partial charge in [-0.3, -0.25) is 0 Å². The number of thioether (sulfide) groups is 1. The van der Waals surface area contributed by atoms with Crippen LogP contribution in [0.15, 0.2) is 29.2 Å². The molecule has 0 aliphatic rings. The van der Waals surface area contributed by atoms with Crippen LogP contribution in [0.4, 0.5) is 0 Å². The fraction of sp³-hybridized carbons (Fsp3) is 0.571. The van der Waals surface area contributed by atoms with Crippen LogP contribution in [0.1, 0.15) is 18.9 Å². The van der Waals surface area contributed by atoms with E-state index in [4.69, 9.17) is 0 Å². The molecule has 0 aromatic heterocycles. The molecule has 0 amide bonds. The van der Waals surface area contributed by atoms with E-state index in [1.165, 1.54) is 16.9 Å². The van der Waals surface area contributed by atoms with Crippen molar-refractivity contribution < 1.29 is 0 Å². The van der Waals surface area contributed by atoms with Crippen LogP contribution in [0.25, 0.3) is 0 Å². The maximum Gasteiger partial charge on any atom is 0.00720 e. The molecular formula is C14H23NS2. The first kappa shape index (κ1) is 14.9. The number of likely N-dealkylation sites (N-methyl/N-ethyl adjacent to an activating group) is 1. The summed E-state index contributed by atoms with van der Waals surface area (Å²) in [4.78, 5) is 3.75. The average Bonchev–Trinajstić information content (AvgIpc) is 2.36. The second kappa shape index (κ2) is 8.90. The van der Waals surface area contributed by atoms with Crippen LogP contribution in [0.2, 0.25) is 0 Å². The Kier molecular flexibility index (Phi) is 7.82. The predicted molar refractivity (Wildman–Crippen MR) is 82.5 cm³/mol. The van der Waals surface area contributed by atoms with Gasteiger partial charge in [0.2, 0.25) is 0 Å². The summed E-state index contributed by atoms with van der Waals surface area (Å²) in [6.45, 7) is 4.47. The van der Waals surface area contributed by atoms with Crippen molar-refractivity contribution >= 4 is 24.4 Å². The number of benzene rings is 1. The standard InChI is InChI=1S/C14H23NS2/c1-3-17-14-7-5-13(6-8-14)9-11-15(2)10-4-12-16/h5-8,16H,3-4,9-12H2,1-2H3. The highest BCUT2D eigenvalue weighted by molar-refractivity contribution is 7.99. The summed E-state index contributed by atoms with van der Waals surface area (Å²) in [6.07, 6.45) is 2.31. The van der Waals surface area contributed by atoms with Gasteiger partial charge in [0.25, 0.3) is 0 Å². The number of hydrogen-bond donors (Lipinski definition) is 1. The molecule has 0 N–H and O–H groups in total. The number of nitrogens with zero attached hydrogens (tertiary/aromatic N) is 1. The molecule has 0 fully saturated rings. The highest BCUT2D eigenvalue weighted by atomic mass is 32.2. The molecule has 0 heterocycles. The summed E-state index contributed by atoms with van der Waals surface area (Å²) in [5.74, 6) is 2.12. The van der Waals surface area contributed by atoms with Gasteiger partial charge in [0.05, 0.1) is 0 Å². The van der Waals surface area contributed by atoms with Crippen LogP contribution in [0.5, 0.6) is 0 Å². The second-order valence-corrected chi connectivity index (χ2v) is 5.99.